The van der Waals surface area contributed by atoms with E-state index in [9.17, 15) is 19.5 Å². The minimum absolute atomic E-state index is 0.0133. The zero-order valence-electron chi connectivity index (χ0n) is 23.9. The van der Waals surface area contributed by atoms with Gasteiger partial charge in [-0.1, -0.05) is 55.7 Å². The second-order valence-corrected chi connectivity index (χ2v) is 13.3. The third-order valence-corrected chi connectivity index (χ3v) is 11.3. The SMILES string of the molecule is C=CCN(C)C(=O)[C@@H]1[C@H]2C(=O)N(CCCCCCO)C(C(=O)N(CC=C)c3c(C)cccc3Cl)C23S[C@@H]1CC3C. The molecule has 6 atom stereocenters. The predicted octanol–water partition coefficient (Wildman–Crippen LogP) is 4.70. The van der Waals surface area contributed by atoms with Crippen LogP contribution in [-0.4, -0.2) is 82.0 Å². The lowest BCUT2D eigenvalue weighted by Gasteiger charge is -2.41. The maximum atomic E-state index is 14.8. The summed E-state index contributed by atoms with van der Waals surface area (Å²) in [6, 6.07) is 4.84. The van der Waals surface area contributed by atoms with Crippen molar-refractivity contribution in [1.29, 1.82) is 0 Å². The van der Waals surface area contributed by atoms with E-state index in [-0.39, 0.29) is 42.0 Å². The number of likely N-dealkylation sites (tertiary alicyclic amines) is 1. The van der Waals surface area contributed by atoms with Gasteiger partial charge >= 0.3 is 0 Å². The number of unbranched alkanes of at least 4 members (excludes halogenated alkanes) is 3. The minimum Gasteiger partial charge on any atom is -0.396 e. The van der Waals surface area contributed by atoms with Crippen molar-refractivity contribution in [2.24, 2.45) is 17.8 Å². The smallest absolute Gasteiger partial charge is 0.251 e. The molecule has 1 aromatic rings. The zero-order valence-corrected chi connectivity index (χ0v) is 25.4. The van der Waals surface area contributed by atoms with Gasteiger partial charge in [-0.2, -0.15) is 0 Å². The number of nitrogens with zero attached hydrogens (tertiary/aromatic N) is 3. The number of fused-ring (bicyclic) bond motifs is 1. The molecule has 0 radical (unpaired) electrons. The van der Waals surface area contributed by atoms with Gasteiger partial charge in [0.05, 0.1) is 27.3 Å². The highest BCUT2D eigenvalue weighted by Gasteiger charge is 2.76. The Bertz CT molecular complexity index is 1140. The number of rotatable bonds is 13. The molecule has 3 saturated heterocycles. The highest BCUT2D eigenvalue weighted by atomic mass is 35.5. The monoisotopic (exact) mass is 587 g/mol. The number of hydrogen-bond donors (Lipinski definition) is 1. The maximum absolute atomic E-state index is 14.8. The Balaban J connectivity index is 1.78. The first-order valence-electron chi connectivity index (χ1n) is 14.3. The normalized spacial score (nSPS) is 28.5. The highest BCUT2D eigenvalue weighted by molar-refractivity contribution is 8.02. The lowest BCUT2D eigenvalue weighted by molar-refractivity contribution is -0.143. The number of amides is 3. The summed E-state index contributed by atoms with van der Waals surface area (Å²) in [7, 11) is 1.75. The predicted molar refractivity (Wildman–Crippen MR) is 162 cm³/mol. The Kier molecular flexibility index (Phi) is 9.74. The number of likely N-dealkylation sites (N-methyl/N-ethyl adjacent to an activating group) is 1. The van der Waals surface area contributed by atoms with E-state index in [1.165, 1.54) is 0 Å². The van der Waals surface area contributed by atoms with Gasteiger partial charge in [-0.25, -0.2) is 0 Å². The van der Waals surface area contributed by atoms with Crippen LogP contribution in [-0.2, 0) is 14.4 Å². The molecule has 1 N–H and O–H groups in total. The Labute approximate surface area is 247 Å². The van der Waals surface area contributed by atoms with Gasteiger partial charge < -0.3 is 19.8 Å². The van der Waals surface area contributed by atoms with E-state index >= 15 is 0 Å². The Morgan fingerprint density at radius 3 is 2.52 bits per heavy atom. The number of aliphatic hydroxyl groups is 1. The van der Waals surface area contributed by atoms with Crippen molar-refractivity contribution in [3.8, 4) is 0 Å². The van der Waals surface area contributed by atoms with Crippen LogP contribution in [0, 0.1) is 24.7 Å². The third-order valence-electron chi connectivity index (χ3n) is 8.89. The van der Waals surface area contributed by atoms with Crippen LogP contribution in [0.1, 0.15) is 44.6 Å². The number of hydrogen-bond acceptors (Lipinski definition) is 5. The standard InChI is InChI=1S/C31H42ClN3O4S/c1-6-15-33(5)28(37)24-23-19-21(4)31(40-23)25(24)29(38)35(17-10-8-9-11-18-36)27(31)30(39)34(16-7-2)26-20(3)13-12-14-22(26)32/h6-7,12-14,21,23-25,27,36H,1-2,8-11,15-19H2,3-5H3/t21?,23-,24+,25+,27?,31?/m1/s1. The van der Waals surface area contributed by atoms with Crippen molar-refractivity contribution >= 4 is 46.8 Å². The van der Waals surface area contributed by atoms with Gasteiger partial charge in [0.25, 0.3) is 5.91 Å². The third kappa shape index (κ3) is 5.12. The van der Waals surface area contributed by atoms with Gasteiger partial charge in [-0.15, -0.1) is 24.9 Å². The fourth-order valence-electron chi connectivity index (χ4n) is 7.14. The fraction of sp³-hybridized carbons (Fsp3) is 0.581. The lowest BCUT2D eigenvalue weighted by atomic mass is 9.65. The second kappa shape index (κ2) is 12.7. The largest absolute Gasteiger partial charge is 0.396 e. The summed E-state index contributed by atoms with van der Waals surface area (Å²) in [5.74, 6) is -1.27. The number of halogens is 1. The molecule has 3 fully saturated rings. The molecule has 0 aromatic heterocycles. The van der Waals surface area contributed by atoms with Crippen LogP contribution in [0.15, 0.2) is 43.5 Å². The number of para-hydroxylation sites is 1. The molecular weight excluding hydrogens is 546 g/mol. The molecule has 7 nitrogen and oxygen atoms in total. The Morgan fingerprint density at radius 1 is 1.18 bits per heavy atom. The Hall–Kier alpha value is -2.29. The molecule has 9 heteroatoms. The van der Waals surface area contributed by atoms with Crippen LogP contribution in [0.5, 0.6) is 0 Å². The molecule has 0 saturated carbocycles. The number of anilines is 1. The lowest BCUT2D eigenvalue weighted by Crippen LogP contribution is -2.57. The molecule has 3 heterocycles. The van der Waals surface area contributed by atoms with Gasteiger partial charge in [0.2, 0.25) is 11.8 Å². The van der Waals surface area contributed by atoms with E-state index in [2.05, 4.69) is 20.1 Å². The van der Waals surface area contributed by atoms with Gasteiger partial charge in [0, 0.05) is 38.5 Å². The van der Waals surface area contributed by atoms with Gasteiger partial charge in [0.1, 0.15) is 6.04 Å². The summed E-state index contributed by atoms with van der Waals surface area (Å²) in [6.07, 6.45) is 7.30. The van der Waals surface area contributed by atoms with Gasteiger partial charge in [-0.05, 0) is 43.7 Å². The van der Waals surface area contributed by atoms with E-state index in [4.69, 9.17) is 11.6 Å². The number of aryl methyl sites for hydroxylation is 1. The summed E-state index contributed by atoms with van der Waals surface area (Å²) in [5, 5.41) is 9.65. The number of carbonyl (C=O) groups is 3. The second-order valence-electron chi connectivity index (χ2n) is 11.4. The highest BCUT2D eigenvalue weighted by Crippen LogP contribution is 2.69. The van der Waals surface area contributed by atoms with Crippen molar-refractivity contribution < 1.29 is 19.5 Å². The molecule has 1 aromatic carbocycles. The molecule has 3 unspecified atom stereocenters. The van der Waals surface area contributed by atoms with Crippen LogP contribution >= 0.6 is 23.4 Å². The van der Waals surface area contributed by atoms with Crippen molar-refractivity contribution in [1.82, 2.24) is 9.80 Å². The summed E-state index contributed by atoms with van der Waals surface area (Å²) >= 11 is 8.35. The molecule has 218 valence electrons. The summed E-state index contributed by atoms with van der Waals surface area (Å²) in [6.45, 7) is 13.0. The van der Waals surface area contributed by atoms with E-state index in [1.54, 1.807) is 51.7 Å². The molecule has 4 rings (SSSR count). The van der Waals surface area contributed by atoms with Crippen molar-refractivity contribution in [2.75, 3.05) is 38.2 Å². The summed E-state index contributed by atoms with van der Waals surface area (Å²) in [4.78, 5) is 48.0. The number of thioether (sulfide) groups is 1. The average Bonchev–Trinajstić information content (AvgIpc) is 3.51. The summed E-state index contributed by atoms with van der Waals surface area (Å²) < 4.78 is -0.701. The molecule has 1 spiro atoms. The quantitative estimate of drug-likeness (QED) is 0.267. The van der Waals surface area contributed by atoms with Gasteiger partial charge in [0.15, 0.2) is 0 Å². The van der Waals surface area contributed by atoms with Crippen molar-refractivity contribution in [3.63, 3.8) is 0 Å². The molecule has 3 aliphatic rings. The molecule has 3 aliphatic heterocycles. The van der Waals surface area contributed by atoms with Crippen LogP contribution < -0.4 is 4.90 Å². The van der Waals surface area contributed by atoms with Crippen LogP contribution in [0.25, 0.3) is 0 Å². The van der Waals surface area contributed by atoms with Crippen LogP contribution in [0.3, 0.4) is 0 Å². The molecule has 3 amide bonds. The number of benzene rings is 1. The first-order valence-corrected chi connectivity index (χ1v) is 15.5. The summed E-state index contributed by atoms with van der Waals surface area (Å²) in [5.41, 5.74) is 1.50. The van der Waals surface area contributed by atoms with Crippen molar-refractivity contribution in [3.05, 3.63) is 54.1 Å². The van der Waals surface area contributed by atoms with Crippen LogP contribution in [0.2, 0.25) is 5.02 Å². The maximum Gasteiger partial charge on any atom is 0.251 e. The van der Waals surface area contributed by atoms with E-state index in [0.717, 1.165) is 31.2 Å². The first kappa shape index (κ1) is 30.7. The van der Waals surface area contributed by atoms with Crippen LogP contribution in [0.4, 0.5) is 5.69 Å². The molecule has 0 aliphatic carbocycles. The fourth-order valence-corrected chi connectivity index (χ4v) is 9.87. The molecule has 2 bridgehead atoms. The average molecular weight is 588 g/mol. The number of aliphatic hydroxyl groups excluding tert-OH is 1. The topological polar surface area (TPSA) is 81.2 Å². The van der Waals surface area contributed by atoms with E-state index < -0.39 is 22.6 Å². The number of carbonyl (C=O) groups excluding carboxylic acids is 3. The van der Waals surface area contributed by atoms with E-state index in [0.29, 0.717) is 30.2 Å². The van der Waals surface area contributed by atoms with Crippen molar-refractivity contribution in [2.45, 2.75) is 62.0 Å². The zero-order chi connectivity index (χ0) is 29.2. The van der Waals surface area contributed by atoms with E-state index in [1.807, 2.05) is 19.1 Å². The van der Waals surface area contributed by atoms with Gasteiger partial charge in [-0.3, -0.25) is 14.4 Å². The first-order chi connectivity index (χ1) is 19.1. The Morgan fingerprint density at radius 2 is 1.88 bits per heavy atom. The molecular formula is C31H42ClN3O4S. The molecule has 40 heavy (non-hydrogen) atoms. The minimum atomic E-state index is -0.717.